The Morgan fingerprint density at radius 1 is 1.43 bits per heavy atom. The molecule has 7 heteroatoms. The highest BCUT2D eigenvalue weighted by Crippen LogP contribution is 2.19. The number of nitrogens with zero attached hydrogens (tertiary/aromatic N) is 3. The first-order chi connectivity index (χ1) is 9.39. The van der Waals surface area contributed by atoms with Crippen molar-refractivity contribution in [2.24, 2.45) is 0 Å². The fourth-order valence-electron chi connectivity index (χ4n) is 2.35. The summed E-state index contributed by atoms with van der Waals surface area (Å²) < 4.78 is 0.654. The molecule has 1 aliphatic heterocycles. The highest BCUT2D eigenvalue weighted by molar-refractivity contribution is 6.30. The molecule has 2 rings (SSSR count). The Morgan fingerprint density at radius 3 is 2.62 bits per heavy atom. The van der Waals surface area contributed by atoms with Crippen LogP contribution in [-0.4, -0.2) is 67.3 Å². The Labute approximate surface area is 136 Å². The fraction of sp³-hybridized carbons (Fsp3) is 0.500. The summed E-state index contributed by atoms with van der Waals surface area (Å²) >= 11 is 5.87. The van der Waals surface area contributed by atoms with E-state index in [2.05, 4.69) is 19.0 Å². The lowest BCUT2D eigenvalue weighted by atomic mass is 10.2. The fourth-order valence-corrected chi connectivity index (χ4v) is 2.54. The van der Waals surface area contributed by atoms with Crippen LogP contribution in [-0.2, 0) is 4.79 Å². The number of anilines is 1. The second-order valence-electron chi connectivity index (χ2n) is 5.71. The van der Waals surface area contributed by atoms with Crippen LogP contribution in [0.5, 0.6) is 0 Å². The number of carbonyl (C=O) groups excluding carboxylic acids is 1. The average molecular weight is 334 g/mol. The van der Waals surface area contributed by atoms with Crippen LogP contribution in [0.25, 0.3) is 0 Å². The minimum atomic E-state index is -0.306. The monoisotopic (exact) mass is 333 g/mol. The van der Waals surface area contributed by atoms with Gasteiger partial charge in [-0.15, -0.1) is 0 Å². The number of quaternary nitrogens is 1. The van der Waals surface area contributed by atoms with Gasteiger partial charge in [-0.1, -0.05) is 17.7 Å². The number of rotatable bonds is 3. The molecule has 0 radical (unpaired) electrons. The van der Waals surface area contributed by atoms with Gasteiger partial charge in [-0.05, 0) is 25.2 Å². The third kappa shape index (κ3) is 4.83. The van der Waals surface area contributed by atoms with Gasteiger partial charge in [-0.3, -0.25) is 14.9 Å². The van der Waals surface area contributed by atoms with E-state index < -0.39 is 0 Å². The first-order valence-corrected chi connectivity index (χ1v) is 7.07. The number of halogens is 2. The molecule has 1 aliphatic rings. The maximum Gasteiger partial charge on any atom is 0.305 e. The van der Waals surface area contributed by atoms with E-state index in [4.69, 9.17) is 11.6 Å². The van der Waals surface area contributed by atoms with Gasteiger partial charge in [-0.2, -0.15) is 5.06 Å². The maximum atomic E-state index is 12.2. The van der Waals surface area contributed by atoms with Crippen molar-refractivity contribution in [2.75, 3.05) is 51.9 Å². The number of benzene rings is 1. The molecular formula is C14H21Cl2N3O2. The van der Waals surface area contributed by atoms with Crippen LogP contribution in [0.1, 0.15) is 0 Å². The number of carbonyl (C=O) groups is 1. The van der Waals surface area contributed by atoms with E-state index in [1.807, 2.05) is 0 Å². The lowest BCUT2D eigenvalue weighted by Crippen LogP contribution is -3.00. The lowest BCUT2D eigenvalue weighted by molar-refractivity contribution is -0.906. The van der Waals surface area contributed by atoms with E-state index >= 15 is 0 Å². The Bertz CT molecular complexity index is 491. The van der Waals surface area contributed by atoms with Gasteiger partial charge in [-0.25, -0.2) is 0 Å². The van der Waals surface area contributed by atoms with Crippen molar-refractivity contribution < 1.29 is 26.9 Å². The van der Waals surface area contributed by atoms with Crippen molar-refractivity contribution in [1.29, 1.82) is 0 Å². The van der Waals surface area contributed by atoms with Crippen LogP contribution in [0.4, 0.5) is 5.69 Å². The average Bonchev–Trinajstić information content (AvgIpc) is 2.41. The number of amides is 1. The summed E-state index contributed by atoms with van der Waals surface area (Å²) in [6.07, 6.45) is 0. The normalized spacial score (nSPS) is 17.9. The van der Waals surface area contributed by atoms with Crippen molar-refractivity contribution in [1.82, 2.24) is 4.90 Å². The van der Waals surface area contributed by atoms with Crippen molar-refractivity contribution in [3.63, 3.8) is 0 Å². The molecule has 21 heavy (non-hydrogen) atoms. The smallest absolute Gasteiger partial charge is 0.305 e. The molecule has 1 saturated heterocycles. The zero-order valence-corrected chi connectivity index (χ0v) is 13.8. The van der Waals surface area contributed by atoms with Crippen molar-refractivity contribution in [3.8, 4) is 0 Å². The Balaban J connectivity index is 0.00000220. The molecule has 1 N–H and O–H groups in total. The van der Waals surface area contributed by atoms with E-state index in [0.717, 1.165) is 26.2 Å². The molecule has 0 spiro atoms. The third-order valence-corrected chi connectivity index (χ3v) is 4.08. The lowest BCUT2D eigenvalue weighted by Gasteiger charge is -2.40. The summed E-state index contributed by atoms with van der Waals surface area (Å²) in [6, 6.07) is 6.65. The number of hydroxylamine groups is 1. The summed E-state index contributed by atoms with van der Waals surface area (Å²) in [4.78, 5) is 14.5. The molecule has 1 amide bonds. The predicted octanol–water partition coefficient (Wildman–Crippen LogP) is -1.54. The predicted molar refractivity (Wildman–Crippen MR) is 79.0 cm³/mol. The molecule has 0 aromatic heterocycles. The SMILES string of the molecule is CN1CC[N+](C)(CC(=O)N(O)c2cccc(Cl)c2)CC1.[Cl-]. The first kappa shape index (κ1) is 18.2. The van der Waals surface area contributed by atoms with E-state index in [-0.39, 0.29) is 24.9 Å². The summed E-state index contributed by atoms with van der Waals surface area (Å²) in [5, 5.41) is 11.2. The van der Waals surface area contributed by atoms with Crippen LogP contribution in [0.3, 0.4) is 0 Å². The second kappa shape index (κ2) is 7.42. The molecule has 118 valence electrons. The summed E-state index contributed by atoms with van der Waals surface area (Å²) in [6.45, 7) is 4.03. The van der Waals surface area contributed by atoms with Crippen LogP contribution >= 0.6 is 11.6 Å². The minimum absolute atomic E-state index is 0. The molecule has 0 bridgehead atoms. The molecule has 5 nitrogen and oxygen atoms in total. The summed E-state index contributed by atoms with van der Waals surface area (Å²) in [7, 11) is 4.13. The molecule has 0 atom stereocenters. The zero-order chi connectivity index (χ0) is 14.8. The number of likely N-dealkylation sites (N-methyl/N-ethyl adjacent to an activating group) is 2. The number of hydrogen-bond acceptors (Lipinski definition) is 3. The van der Waals surface area contributed by atoms with Gasteiger partial charge in [0.15, 0.2) is 6.54 Å². The van der Waals surface area contributed by atoms with Crippen LogP contribution in [0, 0.1) is 0 Å². The van der Waals surface area contributed by atoms with E-state index in [1.54, 1.807) is 24.3 Å². The molecule has 0 saturated carbocycles. The standard InChI is InChI=1S/C14H21ClN3O2.ClH/c1-16-6-8-18(2,9-7-16)11-14(19)17(20)13-5-3-4-12(15)10-13;/h3-5,10,20H,6-9,11H2,1-2H3;1H/q+1;/p-1. The Kier molecular flexibility index (Phi) is 6.43. The van der Waals surface area contributed by atoms with E-state index in [0.29, 0.717) is 20.3 Å². The molecule has 1 heterocycles. The van der Waals surface area contributed by atoms with Crippen molar-refractivity contribution >= 4 is 23.2 Å². The Morgan fingerprint density at radius 2 is 2.05 bits per heavy atom. The van der Waals surface area contributed by atoms with Gasteiger partial charge in [0.25, 0.3) is 0 Å². The third-order valence-electron chi connectivity index (χ3n) is 3.85. The van der Waals surface area contributed by atoms with Gasteiger partial charge in [0.1, 0.15) is 0 Å². The van der Waals surface area contributed by atoms with Gasteiger partial charge >= 0.3 is 5.91 Å². The quantitative estimate of drug-likeness (QED) is 0.414. The highest BCUT2D eigenvalue weighted by Gasteiger charge is 2.31. The van der Waals surface area contributed by atoms with Crippen molar-refractivity contribution in [2.45, 2.75) is 0 Å². The minimum Gasteiger partial charge on any atom is -1.00 e. The van der Waals surface area contributed by atoms with Crippen LogP contribution < -0.4 is 17.5 Å². The van der Waals surface area contributed by atoms with Crippen LogP contribution in [0.2, 0.25) is 5.02 Å². The van der Waals surface area contributed by atoms with Gasteiger partial charge in [0, 0.05) is 18.1 Å². The first-order valence-electron chi connectivity index (χ1n) is 6.69. The Hall–Kier alpha value is -0.850. The number of piperazine rings is 1. The van der Waals surface area contributed by atoms with Crippen molar-refractivity contribution in [3.05, 3.63) is 29.3 Å². The molecule has 1 aromatic rings. The molecule has 1 aromatic carbocycles. The summed E-state index contributed by atoms with van der Waals surface area (Å²) in [5.74, 6) is -0.306. The molecular weight excluding hydrogens is 313 g/mol. The highest BCUT2D eigenvalue weighted by atomic mass is 35.5. The zero-order valence-electron chi connectivity index (χ0n) is 12.3. The van der Waals surface area contributed by atoms with E-state index in [9.17, 15) is 10.0 Å². The van der Waals surface area contributed by atoms with Gasteiger partial charge in [0.05, 0.1) is 25.8 Å². The van der Waals surface area contributed by atoms with Gasteiger partial charge in [0.2, 0.25) is 0 Å². The second-order valence-corrected chi connectivity index (χ2v) is 6.15. The van der Waals surface area contributed by atoms with Crippen LogP contribution in [0.15, 0.2) is 24.3 Å². The summed E-state index contributed by atoms with van der Waals surface area (Å²) in [5.41, 5.74) is 0.406. The molecule has 0 aliphatic carbocycles. The number of hydrogen-bond donors (Lipinski definition) is 1. The molecule has 1 fully saturated rings. The van der Waals surface area contributed by atoms with Gasteiger partial charge < -0.3 is 16.9 Å². The topological polar surface area (TPSA) is 43.8 Å². The molecule has 0 unspecified atom stereocenters. The van der Waals surface area contributed by atoms with E-state index in [1.165, 1.54) is 0 Å². The maximum absolute atomic E-state index is 12.2. The largest absolute Gasteiger partial charge is 1.00 e.